The van der Waals surface area contributed by atoms with Crippen molar-refractivity contribution in [3.8, 4) is 5.75 Å². The molecule has 7 heteroatoms. The second-order valence-electron chi connectivity index (χ2n) is 5.24. The molecule has 1 aromatic carbocycles. The van der Waals surface area contributed by atoms with Gasteiger partial charge >= 0.3 is 0 Å². The van der Waals surface area contributed by atoms with Gasteiger partial charge in [0.25, 0.3) is 5.91 Å². The van der Waals surface area contributed by atoms with Gasteiger partial charge in [0.1, 0.15) is 5.75 Å². The molecule has 1 aliphatic heterocycles. The Kier molecular flexibility index (Phi) is 7.87. The number of fused-ring (bicyclic) bond motifs is 1. The lowest BCUT2D eigenvalue weighted by atomic mass is 10.2. The van der Waals surface area contributed by atoms with Crippen LogP contribution in [0, 0.1) is 0 Å². The van der Waals surface area contributed by atoms with Crippen LogP contribution in [0.4, 0.5) is 5.69 Å². The summed E-state index contributed by atoms with van der Waals surface area (Å²) in [5.41, 5.74) is 7.52. The Morgan fingerprint density at radius 2 is 2.22 bits per heavy atom. The molecule has 2 rings (SSSR count). The van der Waals surface area contributed by atoms with Crippen molar-refractivity contribution in [1.29, 1.82) is 0 Å². The molecule has 1 aromatic rings. The standard InChI is InChI=1S/C16H22N4O2.HI/c1-12(2)10-19-16(17)18-8-5-9-20-13-6-3-4-7-14(13)22-11-15(20)21;/h3-4,6-7H,1,5,8-11H2,2H3,(H3,17,18,19);1H. The monoisotopic (exact) mass is 430 g/mol. The molecule has 0 spiro atoms. The molecule has 0 fully saturated rings. The number of nitrogens with two attached hydrogens (primary N) is 1. The van der Waals surface area contributed by atoms with Crippen LogP contribution in [-0.2, 0) is 4.79 Å². The summed E-state index contributed by atoms with van der Waals surface area (Å²) in [7, 11) is 0. The summed E-state index contributed by atoms with van der Waals surface area (Å²) < 4.78 is 5.41. The van der Waals surface area contributed by atoms with Gasteiger partial charge in [0.2, 0.25) is 0 Å². The van der Waals surface area contributed by atoms with Gasteiger partial charge in [0, 0.05) is 13.1 Å². The molecule has 6 nitrogen and oxygen atoms in total. The van der Waals surface area contributed by atoms with E-state index in [2.05, 4.69) is 16.9 Å². The van der Waals surface area contributed by atoms with Crippen LogP contribution in [0.1, 0.15) is 13.3 Å². The van der Waals surface area contributed by atoms with Gasteiger partial charge in [-0.2, -0.15) is 0 Å². The summed E-state index contributed by atoms with van der Waals surface area (Å²) in [4.78, 5) is 17.9. The van der Waals surface area contributed by atoms with Gasteiger partial charge in [0.15, 0.2) is 12.6 Å². The molecular formula is C16H23IN4O2. The fourth-order valence-electron chi connectivity index (χ4n) is 2.13. The van der Waals surface area contributed by atoms with E-state index >= 15 is 0 Å². The number of aliphatic imine (C=N–C) groups is 1. The van der Waals surface area contributed by atoms with E-state index in [1.54, 1.807) is 4.90 Å². The molecule has 0 bridgehead atoms. The van der Waals surface area contributed by atoms with Crippen molar-refractivity contribution in [3.63, 3.8) is 0 Å². The molecule has 1 amide bonds. The summed E-state index contributed by atoms with van der Waals surface area (Å²) in [5.74, 6) is 1.12. The van der Waals surface area contributed by atoms with E-state index in [1.807, 2.05) is 31.2 Å². The lowest BCUT2D eigenvalue weighted by Gasteiger charge is -2.29. The Balaban J connectivity index is 0.00000264. The number of halogens is 1. The van der Waals surface area contributed by atoms with Crippen LogP contribution >= 0.6 is 24.0 Å². The maximum atomic E-state index is 12.0. The highest BCUT2D eigenvalue weighted by molar-refractivity contribution is 14.0. The van der Waals surface area contributed by atoms with Gasteiger partial charge in [-0.05, 0) is 25.5 Å². The molecule has 0 unspecified atom stereocenters. The van der Waals surface area contributed by atoms with E-state index in [9.17, 15) is 4.79 Å². The van der Waals surface area contributed by atoms with Gasteiger partial charge in [-0.15, -0.1) is 24.0 Å². The Morgan fingerprint density at radius 1 is 1.48 bits per heavy atom. The number of ether oxygens (including phenoxy) is 1. The Morgan fingerprint density at radius 3 is 2.96 bits per heavy atom. The SMILES string of the molecule is C=C(C)CN=C(N)NCCCN1C(=O)COc2ccccc21.I. The van der Waals surface area contributed by atoms with Crippen LogP contribution < -0.4 is 20.7 Å². The molecule has 0 aromatic heterocycles. The second-order valence-corrected chi connectivity index (χ2v) is 5.24. The summed E-state index contributed by atoms with van der Waals surface area (Å²) in [6, 6.07) is 7.55. The molecule has 1 heterocycles. The molecule has 0 saturated heterocycles. The van der Waals surface area contributed by atoms with Gasteiger partial charge in [-0.25, -0.2) is 4.99 Å². The summed E-state index contributed by atoms with van der Waals surface area (Å²) in [6.07, 6.45) is 0.767. The highest BCUT2D eigenvalue weighted by Gasteiger charge is 2.24. The van der Waals surface area contributed by atoms with Gasteiger partial charge in [-0.1, -0.05) is 24.3 Å². The maximum Gasteiger partial charge on any atom is 0.265 e. The van der Waals surface area contributed by atoms with E-state index in [0.717, 1.165) is 23.4 Å². The van der Waals surface area contributed by atoms with E-state index in [1.165, 1.54) is 0 Å². The second kappa shape index (κ2) is 9.39. The van der Waals surface area contributed by atoms with E-state index in [4.69, 9.17) is 10.5 Å². The fourth-order valence-corrected chi connectivity index (χ4v) is 2.13. The van der Waals surface area contributed by atoms with Crippen molar-refractivity contribution in [2.75, 3.05) is 31.1 Å². The van der Waals surface area contributed by atoms with Crippen LogP contribution in [0.25, 0.3) is 0 Å². The number of carbonyl (C=O) groups excluding carboxylic acids is 1. The highest BCUT2D eigenvalue weighted by atomic mass is 127. The topological polar surface area (TPSA) is 80.0 Å². The molecule has 0 radical (unpaired) electrons. The number of hydrogen-bond donors (Lipinski definition) is 2. The largest absolute Gasteiger partial charge is 0.482 e. The van der Waals surface area contributed by atoms with Crippen LogP contribution in [-0.4, -0.2) is 38.1 Å². The van der Waals surface area contributed by atoms with Gasteiger partial charge in [0.05, 0.1) is 12.2 Å². The highest BCUT2D eigenvalue weighted by Crippen LogP contribution is 2.31. The van der Waals surface area contributed by atoms with Gasteiger partial charge < -0.3 is 20.7 Å². The third-order valence-electron chi connectivity index (χ3n) is 3.19. The first kappa shape index (κ1) is 19.3. The minimum atomic E-state index is -0.0254. The first-order valence-corrected chi connectivity index (χ1v) is 7.28. The van der Waals surface area contributed by atoms with Crippen LogP contribution in [0.3, 0.4) is 0 Å². The number of nitrogens with zero attached hydrogens (tertiary/aromatic N) is 2. The fraction of sp³-hybridized carbons (Fsp3) is 0.375. The Labute approximate surface area is 153 Å². The van der Waals surface area contributed by atoms with E-state index in [-0.39, 0.29) is 36.5 Å². The number of amides is 1. The van der Waals surface area contributed by atoms with Crippen molar-refractivity contribution in [1.82, 2.24) is 5.32 Å². The minimum Gasteiger partial charge on any atom is -0.482 e. The molecule has 126 valence electrons. The van der Waals surface area contributed by atoms with Crippen molar-refractivity contribution in [3.05, 3.63) is 36.4 Å². The number of nitrogens with one attached hydrogen (secondary N) is 1. The normalized spacial score (nSPS) is 13.7. The smallest absolute Gasteiger partial charge is 0.265 e. The minimum absolute atomic E-state index is 0. The zero-order valence-corrected chi connectivity index (χ0v) is 15.6. The van der Waals surface area contributed by atoms with Crippen molar-refractivity contribution >= 4 is 41.5 Å². The molecular weight excluding hydrogens is 407 g/mol. The zero-order chi connectivity index (χ0) is 15.9. The maximum absolute atomic E-state index is 12.0. The Bertz CT molecular complexity index is 589. The number of hydrogen-bond acceptors (Lipinski definition) is 3. The molecule has 0 atom stereocenters. The Hall–Kier alpha value is -1.77. The molecule has 3 N–H and O–H groups in total. The number of guanidine groups is 1. The predicted molar refractivity (Wildman–Crippen MR) is 104 cm³/mol. The number of anilines is 1. The van der Waals surface area contributed by atoms with Crippen molar-refractivity contribution in [2.45, 2.75) is 13.3 Å². The van der Waals surface area contributed by atoms with Gasteiger partial charge in [-0.3, -0.25) is 4.79 Å². The quantitative estimate of drug-likeness (QED) is 0.238. The van der Waals surface area contributed by atoms with Crippen molar-refractivity contribution < 1.29 is 9.53 Å². The average molecular weight is 430 g/mol. The average Bonchev–Trinajstić information content (AvgIpc) is 2.51. The number of para-hydroxylation sites is 2. The molecule has 1 aliphatic rings. The van der Waals surface area contributed by atoms with Crippen LogP contribution in [0.2, 0.25) is 0 Å². The number of carbonyl (C=O) groups is 1. The molecule has 0 aliphatic carbocycles. The summed E-state index contributed by atoms with van der Waals surface area (Å²) in [5, 5.41) is 3.03. The van der Waals surface area contributed by atoms with Crippen LogP contribution in [0.5, 0.6) is 5.75 Å². The summed E-state index contributed by atoms with van der Waals surface area (Å²) in [6.45, 7) is 7.54. The third kappa shape index (κ3) is 5.74. The van der Waals surface area contributed by atoms with E-state index < -0.39 is 0 Å². The lowest BCUT2D eigenvalue weighted by molar-refractivity contribution is -0.121. The predicted octanol–water partition coefficient (Wildman–Crippen LogP) is 1.90. The first-order valence-electron chi connectivity index (χ1n) is 7.28. The lowest BCUT2D eigenvalue weighted by Crippen LogP contribution is -2.41. The number of benzene rings is 1. The summed E-state index contributed by atoms with van der Waals surface area (Å²) >= 11 is 0. The molecule has 0 saturated carbocycles. The van der Waals surface area contributed by atoms with Crippen molar-refractivity contribution in [2.24, 2.45) is 10.7 Å². The van der Waals surface area contributed by atoms with E-state index in [0.29, 0.717) is 25.6 Å². The first-order chi connectivity index (χ1) is 10.6. The van der Waals surface area contributed by atoms with Crippen LogP contribution in [0.15, 0.2) is 41.4 Å². The third-order valence-corrected chi connectivity index (χ3v) is 3.19. The number of rotatable bonds is 6. The zero-order valence-electron chi connectivity index (χ0n) is 13.2. The molecule has 23 heavy (non-hydrogen) atoms.